The summed E-state index contributed by atoms with van der Waals surface area (Å²) in [4.78, 5) is 30.1. The van der Waals surface area contributed by atoms with E-state index in [1.54, 1.807) is 6.07 Å². The van der Waals surface area contributed by atoms with Crippen molar-refractivity contribution in [2.45, 2.75) is 6.92 Å². The van der Waals surface area contributed by atoms with Gasteiger partial charge in [0.05, 0.1) is 6.33 Å². The number of nitrogens with zero attached hydrogens (tertiary/aromatic N) is 1. The van der Waals surface area contributed by atoms with Crippen LogP contribution in [0.5, 0.6) is 0 Å². The van der Waals surface area contributed by atoms with Crippen LogP contribution in [0.1, 0.15) is 26.5 Å². The van der Waals surface area contributed by atoms with E-state index in [4.69, 9.17) is 0 Å². The number of imidazole rings is 1. The van der Waals surface area contributed by atoms with E-state index >= 15 is 0 Å². The molecule has 0 bridgehead atoms. The third-order valence-electron chi connectivity index (χ3n) is 2.58. The van der Waals surface area contributed by atoms with E-state index in [1.165, 1.54) is 13.4 Å². The SMILES string of the molecule is CNC(=O)c1[nH]cnc1C(=O)Nc1cccc(C)c1. The summed E-state index contributed by atoms with van der Waals surface area (Å²) < 4.78 is 0. The standard InChI is InChI=1S/C13H14N4O2/c1-8-4-3-5-9(6-8)17-13(19)11-10(12(18)14-2)15-7-16-11/h3-7H,1-2H3,(H,14,18)(H,15,16)(H,17,19). The summed E-state index contributed by atoms with van der Waals surface area (Å²) in [6, 6.07) is 7.39. The highest BCUT2D eigenvalue weighted by Crippen LogP contribution is 2.12. The fraction of sp³-hybridized carbons (Fsp3) is 0.154. The topological polar surface area (TPSA) is 86.9 Å². The highest BCUT2D eigenvalue weighted by molar-refractivity contribution is 6.10. The van der Waals surface area contributed by atoms with E-state index in [2.05, 4.69) is 20.6 Å². The Morgan fingerprint density at radius 2 is 2.05 bits per heavy atom. The predicted molar refractivity (Wildman–Crippen MR) is 71.1 cm³/mol. The van der Waals surface area contributed by atoms with Crippen molar-refractivity contribution in [3.8, 4) is 0 Å². The molecule has 0 aliphatic heterocycles. The Morgan fingerprint density at radius 3 is 2.74 bits per heavy atom. The maximum absolute atomic E-state index is 12.1. The summed E-state index contributed by atoms with van der Waals surface area (Å²) in [7, 11) is 1.49. The Bertz CT molecular complexity index is 619. The van der Waals surface area contributed by atoms with Crippen LogP contribution in [-0.4, -0.2) is 28.8 Å². The van der Waals surface area contributed by atoms with E-state index in [0.29, 0.717) is 5.69 Å². The number of carbonyl (C=O) groups is 2. The lowest BCUT2D eigenvalue weighted by atomic mass is 10.2. The molecule has 6 heteroatoms. The zero-order valence-corrected chi connectivity index (χ0v) is 10.7. The van der Waals surface area contributed by atoms with E-state index in [9.17, 15) is 9.59 Å². The number of aromatic nitrogens is 2. The molecule has 0 unspecified atom stereocenters. The molecule has 0 aliphatic rings. The van der Waals surface area contributed by atoms with Crippen LogP contribution < -0.4 is 10.6 Å². The molecule has 0 radical (unpaired) electrons. The van der Waals surface area contributed by atoms with Gasteiger partial charge in [0.15, 0.2) is 5.69 Å². The number of aryl methyl sites for hydroxylation is 1. The summed E-state index contributed by atoms with van der Waals surface area (Å²) in [5, 5.41) is 5.15. The number of anilines is 1. The molecule has 2 amide bonds. The van der Waals surface area contributed by atoms with Gasteiger partial charge in [0.25, 0.3) is 11.8 Å². The number of benzene rings is 1. The minimum Gasteiger partial charge on any atom is -0.354 e. The Labute approximate surface area is 110 Å². The molecule has 2 rings (SSSR count). The molecule has 19 heavy (non-hydrogen) atoms. The number of nitrogens with one attached hydrogen (secondary N) is 3. The fourth-order valence-electron chi connectivity index (χ4n) is 1.68. The molecule has 3 N–H and O–H groups in total. The minimum absolute atomic E-state index is 0.0702. The van der Waals surface area contributed by atoms with Crippen molar-refractivity contribution < 1.29 is 9.59 Å². The average Bonchev–Trinajstić information content (AvgIpc) is 2.87. The van der Waals surface area contributed by atoms with E-state index in [-0.39, 0.29) is 17.3 Å². The highest BCUT2D eigenvalue weighted by Gasteiger charge is 2.19. The molecule has 0 aliphatic carbocycles. The molecular formula is C13H14N4O2. The molecule has 0 saturated heterocycles. The van der Waals surface area contributed by atoms with Crippen molar-refractivity contribution in [1.82, 2.24) is 15.3 Å². The summed E-state index contributed by atoms with van der Waals surface area (Å²) in [6.07, 6.45) is 1.32. The summed E-state index contributed by atoms with van der Waals surface area (Å²) in [6.45, 7) is 1.93. The molecule has 0 spiro atoms. The Morgan fingerprint density at radius 1 is 1.26 bits per heavy atom. The van der Waals surface area contributed by atoms with Gasteiger partial charge in [0.1, 0.15) is 5.69 Å². The number of aromatic amines is 1. The summed E-state index contributed by atoms with van der Waals surface area (Å²) in [5.74, 6) is -0.808. The fourth-order valence-corrected chi connectivity index (χ4v) is 1.68. The second-order valence-corrected chi connectivity index (χ2v) is 4.03. The normalized spacial score (nSPS) is 10.0. The number of carbonyl (C=O) groups excluding carboxylic acids is 2. The van der Waals surface area contributed by atoms with Crippen molar-refractivity contribution in [2.75, 3.05) is 12.4 Å². The van der Waals surface area contributed by atoms with Crippen LogP contribution in [0.25, 0.3) is 0 Å². The molecule has 0 atom stereocenters. The first-order valence-corrected chi connectivity index (χ1v) is 5.75. The zero-order chi connectivity index (χ0) is 13.8. The van der Waals surface area contributed by atoms with Gasteiger partial charge >= 0.3 is 0 Å². The molecular weight excluding hydrogens is 244 g/mol. The van der Waals surface area contributed by atoms with Gasteiger partial charge in [0, 0.05) is 12.7 Å². The lowest BCUT2D eigenvalue weighted by Crippen LogP contribution is -2.23. The van der Waals surface area contributed by atoms with Crippen LogP contribution >= 0.6 is 0 Å². The first-order valence-electron chi connectivity index (χ1n) is 5.75. The van der Waals surface area contributed by atoms with Crippen molar-refractivity contribution in [3.05, 3.63) is 47.5 Å². The van der Waals surface area contributed by atoms with Crippen molar-refractivity contribution in [1.29, 1.82) is 0 Å². The maximum Gasteiger partial charge on any atom is 0.276 e. The molecule has 0 fully saturated rings. The van der Waals surface area contributed by atoms with Crippen LogP contribution in [0.2, 0.25) is 0 Å². The molecule has 98 valence electrons. The zero-order valence-electron chi connectivity index (χ0n) is 10.7. The van der Waals surface area contributed by atoms with Crippen LogP contribution in [0.3, 0.4) is 0 Å². The number of hydrogen-bond acceptors (Lipinski definition) is 3. The number of amides is 2. The number of hydrogen-bond donors (Lipinski definition) is 3. The maximum atomic E-state index is 12.1. The van der Waals surface area contributed by atoms with Gasteiger partial charge < -0.3 is 15.6 Å². The smallest absolute Gasteiger partial charge is 0.276 e. The van der Waals surface area contributed by atoms with Gasteiger partial charge in [-0.1, -0.05) is 12.1 Å². The van der Waals surface area contributed by atoms with Crippen molar-refractivity contribution >= 4 is 17.5 Å². The van der Waals surface area contributed by atoms with Gasteiger partial charge in [-0.25, -0.2) is 4.98 Å². The number of rotatable bonds is 3. The van der Waals surface area contributed by atoms with Gasteiger partial charge in [-0.3, -0.25) is 9.59 Å². The first-order chi connectivity index (χ1) is 9.11. The average molecular weight is 258 g/mol. The predicted octanol–water partition coefficient (Wildman–Crippen LogP) is 1.33. The Kier molecular flexibility index (Phi) is 3.61. The summed E-state index contributed by atoms with van der Waals surface area (Å²) >= 11 is 0. The van der Waals surface area contributed by atoms with Crippen LogP contribution in [0, 0.1) is 6.92 Å². The third kappa shape index (κ3) is 2.79. The molecule has 0 saturated carbocycles. The van der Waals surface area contributed by atoms with E-state index in [0.717, 1.165) is 5.56 Å². The van der Waals surface area contributed by atoms with Crippen LogP contribution in [-0.2, 0) is 0 Å². The largest absolute Gasteiger partial charge is 0.354 e. The number of H-pyrrole nitrogens is 1. The van der Waals surface area contributed by atoms with Gasteiger partial charge in [-0.2, -0.15) is 0 Å². The Balaban J connectivity index is 2.21. The Hall–Kier alpha value is -2.63. The second kappa shape index (κ2) is 5.34. The quantitative estimate of drug-likeness (QED) is 0.776. The molecule has 6 nitrogen and oxygen atoms in total. The van der Waals surface area contributed by atoms with Gasteiger partial charge in [-0.15, -0.1) is 0 Å². The van der Waals surface area contributed by atoms with Gasteiger partial charge in [0.2, 0.25) is 0 Å². The summed E-state index contributed by atoms with van der Waals surface area (Å²) in [5.41, 5.74) is 1.91. The third-order valence-corrected chi connectivity index (χ3v) is 2.58. The van der Waals surface area contributed by atoms with E-state index in [1.807, 2.05) is 25.1 Å². The van der Waals surface area contributed by atoms with Crippen molar-refractivity contribution in [3.63, 3.8) is 0 Å². The lowest BCUT2D eigenvalue weighted by Gasteiger charge is -2.05. The molecule has 2 aromatic rings. The van der Waals surface area contributed by atoms with Gasteiger partial charge in [-0.05, 0) is 24.6 Å². The van der Waals surface area contributed by atoms with E-state index < -0.39 is 5.91 Å². The monoisotopic (exact) mass is 258 g/mol. The first kappa shape index (κ1) is 12.8. The highest BCUT2D eigenvalue weighted by atomic mass is 16.2. The molecule has 1 aromatic heterocycles. The minimum atomic E-state index is -0.426. The lowest BCUT2D eigenvalue weighted by molar-refractivity contribution is 0.0943. The molecule has 1 aromatic carbocycles. The van der Waals surface area contributed by atoms with Crippen LogP contribution in [0.15, 0.2) is 30.6 Å². The second-order valence-electron chi connectivity index (χ2n) is 4.03. The molecule has 1 heterocycles. The van der Waals surface area contributed by atoms with Crippen molar-refractivity contribution in [2.24, 2.45) is 0 Å². The van der Waals surface area contributed by atoms with Crippen LogP contribution in [0.4, 0.5) is 5.69 Å².